The molecule has 2 aromatic rings. The summed E-state index contributed by atoms with van der Waals surface area (Å²) in [5, 5.41) is 0.383. The summed E-state index contributed by atoms with van der Waals surface area (Å²) in [4.78, 5) is 10.6. The summed E-state index contributed by atoms with van der Waals surface area (Å²) in [6.07, 6.45) is 2.76. The standard InChI is InChI=1S/C12H9ClO3/c1-15-10-4-2-3-8-7-9(16-12(8)10)5-6-11(13)14/h2-7H,1H3/b6-5+. The Kier molecular flexibility index (Phi) is 2.97. The molecule has 0 bridgehead atoms. The Bertz CT molecular complexity index is 554. The number of ether oxygens (including phenoxy) is 1. The molecule has 0 saturated heterocycles. The van der Waals surface area contributed by atoms with Crippen molar-refractivity contribution in [1.82, 2.24) is 0 Å². The Balaban J connectivity index is 2.47. The van der Waals surface area contributed by atoms with Crippen LogP contribution in [0.1, 0.15) is 5.76 Å². The van der Waals surface area contributed by atoms with Gasteiger partial charge in [0.25, 0.3) is 0 Å². The summed E-state index contributed by atoms with van der Waals surface area (Å²) in [5.74, 6) is 1.22. The largest absolute Gasteiger partial charge is 0.493 e. The second-order valence-electron chi connectivity index (χ2n) is 3.16. The summed E-state index contributed by atoms with van der Waals surface area (Å²) in [5.41, 5.74) is 0.659. The molecular formula is C12H9ClO3. The van der Waals surface area contributed by atoms with E-state index in [4.69, 9.17) is 20.8 Å². The number of methoxy groups -OCH3 is 1. The van der Waals surface area contributed by atoms with Gasteiger partial charge in [-0.25, -0.2) is 0 Å². The summed E-state index contributed by atoms with van der Waals surface area (Å²) >= 11 is 5.19. The highest BCUT2D eigenvalue weighted by Crippen LogP contribution is 2.28. The van der Waals surface area contributed by atoms with Gasteiger partial charge >= 0.3 is 0 Å². The summed E-state index contributed by atoms with van der Waals surface area (Å²) in [6.45, 7) is 0. The van der Waals surface area contributed by atoms with Crippen molar-refractivity contribution < 1.29 is 13.9 Å². The minimum Gasteiger partial charge on any atom is -0.493 e. The number of hydrogen-bond acceptors (Lipinski definition) is 3. The molecule has 82 valence electrons. The second-order valence-corrected chi connectivity index (χ2v) is 3.54. The van der Waals surface area contributed by atoms with Crippen LogP contribution in [-0.4, -0.2) is 12.4 Å². The highest BCUT2D eigenvalue weighted by Gasteiger charge is 2.06. The molecule has 0 aliphatic heterocycles. The molecule has 0 spiro atoms. The van der Waals surface area contributed by atoms with E-state index >= 15 is 0 Å². The van der Waals surface area contributed by atoms with Crippen molar-refractivity contribution in [1.29, 1.82) is 0 Å². The van der Waals surface area contributed by atoms with E-state index in [0.717, 1.165) is 5.39 Å². The Labute approximate surface area is 97.3 Å². The molecule has 0 aliphatic carbocycles. The molecule has 0 N–H and O–H groups in total. The predicted molar refractivity (Wildman–Crippen MR) is 62.7 cm³/mol. The monoisotopic (exact) mass is 236 g/mol. The van der Waals surface area contributed by atoms with E-state index < -0.39 is 5.24 Å². The van der Waals surface area contributed by atoms with Crippen LogP contribution >= 0.6 is 11.6 Å². The van der Waals surface area contributed by atoms with Crippen molar-refractivity contribution in [3.63, 3.8) is 0 Å². The van der Waals surface area contributed by atoms with Crippen LogP contribution in [0.25, 0.3) is 17.0 Å². The molecule has 1 aromatic heterocycles. The van der Waals surface area contributed by atoms with Crippen molar-refractivity contribution in [2.75, 3.05) is 7.11 Å². The van der Waals surface area contributed by atoms with E-state index in [-0.39, 0.29) is 0 Å². The van der Waals surface area contributed by atoms with Crippen LogP contribution < -0.4 is 4.74 Å². The maximum absolute atomic E-state index is 10.6. The van der Waals surface area contributed by atoms with Gasteiger partial charge in [0.05, 0.1) is 7.11 Å². The van der Waals surface area contributed by atoms with Crippen LogP contribution in [-0.2, 0) is 4.79 Å². The molecule has 2 rings (SSSR count). The minimum absolute atomic E-state index is 0.535. The van der Waals surface area contributed by atoms with Crippen molar-refractivity contribution in [3.8, 4) is 5.75 Å². The summed E-state index contributed by atoms with van der Waals surface area (Å²) in [6, 6.07) is 7.40. The van der Waals surface area contributed by atoms with Crippen LogP contribution in [0.2, 0.25) is 0 Å². The molecule has 0 fully saturated rings. The van der Waals surface area contributed by atoms with Crippen molar-refractivity contribution >= 4 is 33.9 Å². The van der Waals surface area contributed by atoms with Gasteiger partial charge in [0.1, 0.15) is 5.76 Å². The summed E-state index contributed by atoms with van der Waals surface area (Å²) in [7, 11) is 1.58. The second kappa shape index (κ2) is 4.41. The predicted octanol–water partition coefficient (Wildman–Crippen LogP) is 3.22. The van der Waals surface area contributed by atoms with Gasteiger partial charge in [-0.3, -0.25) is 4.79 Å². The van der Waals surface area contributed by atoms with Crippen LogP contribution in [0.15, 0.2) is 34.8 Å². The van der Waals surface area contributed by atoms with Crippen molar-refractivity contribution in [2.45, 2.75) is 0 Å². The molecule has 3 nitrogen and oxygen atoms in total. The highest BCUT2D eigenvalue weighted by molar-refractivity contribution is 6.66. The van der Waals surface area contributed by atoms with Gasteiger partial charge in [0.15, 0.2) is 11.3 Å². The number of furan rings is 1. The lowest BCUT2D eigenvalue weighted by Gasteiger charge is -1.98. The lowest BCUT2D eigenvalue weighted by Crippen LogP contribution is -1.81. The molecule has 1 heterocycles. The average molecular weight is 237 g/mol. The Hall–Kier alpha value is -1.74. The first-order valence-corrected chi connectivity index (χ1v) is 5.02. The lowest BCUT2D eigenvalue weighted by molar-refractivity contribution is -0.107. The first kappa shape index (κ1) is 10.8. The van der Waals surface area contributed by atoms with Gasteiger partial charge in [-0.1, -0.05) is 12.1 Å². The summed E-state index contributed by atoms with van der Waals surface area (Å²) < 4.78 is 10.7. The minimum atomic E-state index is -0.535. The van der Waals surface area contributed by atoms with Crippen molar-refractivity contribution in [2.24, 2.45) is 0 Å². The fourth-order valence-electron chi connectivity index (χ4n) is 1.45. The van der Waals surface area contributed by atoms with E-state index in [1.165, 1.54) is 12.2 Å². The number of carbonyl (C=O) groups excluding carboxylic acids is 1. The Morgan fingerprint density at radius 2 is 2.31 bits per heavy atom. The van der Waals surface area contributed by atoms with E-state index in [0.29, 0.717) is 17.1 Å². The zero-order valence-electron chi connectivity index (χ0n) is 8.57. The van der Waals surface area contributed by atoms with E-state index in [9.17, 15) is 4.79 Å². The first-order valence-electron chi connectivity index (χ1n) is 4.65. The molecule has 0 atom stereocenters. The van der Waals surface area contributed by atoms with Gasteiger partial charge in [0.2, 0.25) is 5.24 Å². The molecule has 0 amide bonds. The van der Waals surface area contributed by atoms with E-state index in [2.05, 4.69) is 0 Å². The molecule has 1 aromatic carbocycles. The average Bonchev–Trinajstić information content (AvgIpc) is 2.68. The highest BCUT2D eigenvalue weighted by atomic mass is 35.5. The SMILES string of the molecule is COc1cccc2cc(/C=C/C(=O)Cl)oc12. The van der Waals surface area contributed by atoms with Gasteiger partial charge < -0.3 is 9.15 Å². The van der Waals surface area contributed by atoms with Gasteiger partial charge in [-0.15, -0.1) is 0 Å². The molecule has 0 aliphatic rings. The maximum atomic E-state index is 10.6. The lowest BCUT2D eigenvalue weighted by atomic mass is 10.2. The smallest absolute Gasteiger partial charge is 0.245 e. The third-order valence-electron chi connectivity index (χ3n) is 2.13. The van der Waals surface area contributed by atoms with Crippen LogP contribution in [0, 0.1) is 0 Å². The maximum Gasteiger partial charge on any atom is 0.245 e. The first-order chi connectivity index (χ1) is 7.70. The molecule has 0 saturated carbocycles. The van der Waals surface area contributed by atoms with Crippen molar-refractivity contribution in [3.05, 3.63) is 36.1 Å². The number of carbonyl (C=O) groups is 1. The molecule has 16 heavy (non-hydrogen) atoms. The van der Waals surface area contributed by atoms with Crippen LogP contribution in [0.3, 0.4) is 0 Å². The Morgan fingerprint density at radius 3 is 3.00 bits per heavy atom. The van der Waals surface area contributed by atoms with Gasteiger partial charge in [0, 0.05) is 11.5 Å². The molecular weight excluding hydrogens is 228 g/mol. The fourth-order valence-corrected chi connectivity index (χ4v) is 1.51. The zero-order valence-corrected chi connectivity index (χ0v) is 9.32. The fraction of sp³-hybridized carbons (Fsp3) is 0.0833. The number of para-hydroxylation sites is 1. The number of hydrogen-bond donors (Lipinski definition) is 0. The number of rotatable bonds is 3. The topological polar surface area (TPSA) is 39.4 Å². The third-order valence-corrected chi connectivity index (χ3v) is 2.25. The zero-order chi connectivity index (χ0) is 11.5. The number of benzene rings is 1. The van der Waals surface area contributed by atoms with Gasteiger partial charge in [-0.2, -0.15) is 0 Å². The normalized spacial score (nSPS) is 11.1. The number of allylic oxidation sites excluding steroid dienone is 1. The molecule has 0 radical (unpaired) electrons. The van der Waals surface area contributed by atoms with E-state index in [1.807, 2.05) is 24.3 Å². The number of halogens is 1. The molecule has 0 unspecified atom stereocenters. The van der Waals surface area contributed by atoms with Crippen LogP contribution in [0.4, 0.5) is 0 Å². The molecule has 4 heteroatoms. The van der Waals surface area contributed by atoms with Gasteiger partial charge in [-0.05, 0) is 29.8 Å². The third kappa shape index (κ3) is 2.09. The quantitative estimate of drug-likeness (QED) is 0.607. The number of fused-ring (bicyclic) bond motifs is 1. The van der Waals surface area contributed by atoms with Crippen LogP contribution in [0.5, 0.6) is 5.75 Å². The van der Waals surface area contributed by atoms with E-state index in [1.54, 1.807) is 7.11 Å². The Morgan fingerprint density at radius 1 is 1.50 bits per heavy atom.